The summed E-state index contributed by atoms with van der Waals surface area (Å²) >= 11 is 0. The summed E-state index contributed by atoms with van der Waals surface area (Å²) in [6.07, 6.45) is 3.48. The fourth-order valence-electron chi connectivity index (χ4n) is 1.62. The molecule has 1 aliphatic rings. The first-order chi connectivity index (χ1) is 4.61. The lowest BCUT2D eigenvalue weighted by atomic mass is 9.92. The zero-order valence-corrected chi connectivity index (χ0v) is 7.15. The van der Waals surface area contributed by atoms with E-state index < -0.39 is 0 Å². The van der Waals surface area contributed by atoms with Gasteiger partial charge in [0.05, 0.1) is 0 Å². The van der Waals surface area contributed by atoms with Crippen LogP contribution >= 0.6 is 0 Å². The Morgan fingerprint density at radius 3 is 2.40 bits per heavy atom. The second-order valence-corrected chi connectivity index (χ2v) is 3.62. The molecule has 56 valence electrons. The van der Waals surface area contributed by atoms with Crippen molar-refractivity contribution in [3.8, 4) is 0 Å². The Kier molecular flexibility index (Phi) is 1.98. The number of hydrogen-bond acceptors (Lipinski definition) is 0. The molecule has 0 heterocycles. The molecule has 10 heavy (non-hydrogen) atoms. The van der Waals surface area contributed by atoms with Crippen molar-refractivity contribution in [2.24, 2.45) is 11.8 Å². The van der Waals surface area contributed by atoms with E-state index in [-0.39, 0.29) is 0 Å². The van der Waals surface area contributed by atoms with Crippen molar-refractivity contribution in [3.63, 3.8) is 0 Å². The highest BCUT2D eigenvalue weighted by molar-refractivity contribution is 5.27. The Balaban J connectivity index is 2.69. The van der Waals surface area contributed by atoms with Gasteiger partial charge in [0.2, 0.25) is 0 Å². The first-order valence-corrected chi connectivity index (χ1v) is 3.96. The predicted molar refractivity (Wildman–Crippen MR) is 45.8 cm³/mol. The molecule has 0 aromatic rings. The van der Waals surface area contributed by atoms with Crippen LogP contribution in [-0.4, -0.2) is 0 Å². The van der Waals surface area contributed by atoms with Crippen LogP contribution < -0.4 is 0 Å². The molecule has 0 saturated carbocycles. The maximum absolute atomic E-state index is 4.06. The molecule has 0 N–H and O–H groups in total. The number of hydrogen-bond donors (Lipinski definition) is 0. The first kappa shape index (κ1) is 7.59. The van der Waals surface area contributed by atoms with E-state index >= 15 is 0 Å². The summed E-state index contributed by atoms with van der Waals surface area (Å²) < 4.78 is 0. The molecule has 0 unspecified atom stereocenters. The number of rotatable bonds is 1. The summed E-state index contributed by atoms with van der Waals surface area (Å²) in [6, 6.07) is 0. The van der Waals surface area contributed by atoms with E-state index in [2.05, 4.69) is 33.4 Å². The maximum Gasteiger partial charge on any atom is 0.000296 e. The molecule has 0 saturated heterocycles. The minimum atomic E-state index is 0.653. The van der Waals surface area contributed by atoms with Gasteiger partial charge >= 0.3 is 0 Å². The SMILES string of the molecule is C=C1CC(C)=C[C@H]1C(C)C. The standard InChI is InChI=1S/C10H16/c1-7(2)10-6-8(3)5-9(10)4/h6-7,10H,4-5H2,1-3H3/t10-/m0/s1. The van der Waals surface area contributed by atoms with Crippen molar-refractivity contribution in [2.75, 3.05) is 0 Å². The monoisotopic (exact) mass is 136 g/mol. The topological polar surface area (TPSA) is 0 Å². The fourth-order valence-corrected chi connectivity index (χ4v) is 1.62. The van der Waals surface area contributed by atoms with Gasteiger partial charge in [-0.25, -0.2) is 0 Å². The highest BCUT2D eigenvalue weighted by Crippen LogP contribution is 2.33. The summed E-state index contributed by atoms with van der Waals surface area (Å²) in [5.41, 5.74) is 2.89. The highest BCUT2D eigenvalue weighted by Gasteiger charge is 2.19. The average molecular weight is 136 g/mol. The van der Waals surface area contributed by atoms with Crippen LogP contribution in [0.25, 0.3) is 0 Å². The van der Waals surface area contributed by atoms with Gasteiger partial charge in [-0.1, -0.05) is 37.6 Å². The molecule has 0 aromatic heterocycles. The van der Waals surface area contributed by atoms with Gasteiger partial charge in [0, 0.05) is 5.92 Å². The van der Waals surface area contributed by atoms with E-state index in [0.717, 1.165) is 12.3 Å². The Bertz CT molecular complexity index is 172. The summed E-state index contributed by atoms with van der Waals surface area (Å²) in [7, 11) is 0. The average Bonchev–Trinajstić information content (AvgIpc) is 2.10. The number of allylic oxidation sites excluding steroid dienone is 3. The summed E-state index contributed by atoms with van der Waals surface area (Å²) in [5.74, 6) is 1.38. The third-order valence-corrected chi connectivity index (χ3v) is 2.16. The van der Waals surface area contributed by atoms with Gasteiger partial charge in [-0.15, -0.1) is 0 Å². The van der Waals surface area contributed by atoms with Crippen LogP contribution in [0, 0.1) is 11.8 Å². The lowest BCUT2D eigenvalue weighted by Gasteiger charge is -2.13. The second-order valence-electron chi connectivity index (χ2n) is 3.62. The van der Waals surface area contributed by atoms with Gasteiger partial charge in [0.15, 0.2) is 0 Å². The predicted octanol–water partition coefficient (Wildman–Crippen LogP) is 3.16. The lowest BCUT2D eigenvalue weighted by Crippen LogP contribution is -2.03. The molecular weight excluding hydrogens is 120 g/mol. The molecule has 1 aliphatic carbocycles. The van der Waals surface area contributed by atoms with E-state index in [1.807, 2.05) is 0 Å². The Hall–Kier alpha value is -0.520. The minimum Gasteiger partial charge on any atom is -0.0989 e. The van der Waals surface area contributed by atoms with Crippen LogP contribution in [0.3, 0.4) is 0 Å². The molecule has 0 nitrogen and oxygen atoms in total. The zero-order valence-electron chi connectivity index (χ0n) is 7.15. The van der Waals surface area contributed by atoms with Crippen molar-refractivity contribution in [2.45, 2.75) is 27.2 Å². The Morgan fingerprint density at radius 1 is 1.60 bits per heavy atom. The van der Waals surface area contributed by atoms with E-state index in [1.54, 1.807) is 0 Å². The van der Waals surface area contributed by atoms with Gasteiger partial charge in [-0.3, -0.25) is 0 Å². The van der Waals surface area contributed by atoms with Crippen molar-refractivity contribution >= 4 is 0 Å². The van der Waals surface area contributed by atoms with E-state index in [4.69, 9.17) is 0 Å². The quantitative estimate of drug-likeness (QED) is 0.486. The molecule has 0 spiro atoms. The van der Waals surface area contributed by atoms with E-state index in [9.17, 15) is 0 Å². The fraction of sp³-hybridized carbons (Fsp3) is 0.600. The molecule has 0 amide bonds. The van der Waals surface area contributed by atoms with E-state index in [0.29, 0.717) is 5.92 Å². The van der Waals surface area contributed by atoms with E-state index in [1.165, 1.54) is 11.1 Å². The third-order valence-electron chi connectivity index (χ3n) is 2.16. The lowest BCUT2D eigenvalue weighted by molar-refractivity contribution is 0.534. The maximum atomic E-state index is 4.06. The summed E-state index contributed by atoms with van der Waals surface area (Å²) in [4.78, 5) is 0. The minimum absolute atomic E-state index is 0.653. The van der Waals surface area contributed by atoms with Crippen LogP contribution in [-0.2, 0) is 0 Å². The van der Waals surface area contributed by atoms with Crippen molar-refractivity contribution in [1.29, 1.82) is 0 Å². The molecule has 0 bridgehead atoms. The molecule has 0 aromatic carbocycles. The largest absolute Gasteiger partial charge is 0.0989 e. The smallest absolute Gasteiger partial charge is 0.000296 e. The molecule has 0 heteroatoms. The second kappa shape index (κ2) is 2.61. The molecular formula is C10H16. The van der Waals surface area contributed by atoms with Crippen LogP contribution in [0.4, 0.5) is 0 Å². The van der Waals surface area contributed by atoms with Gasteiger partial charge in [-0.05, 0) is 19.3 Å². The van der Waals surface area contributed by atoms with Crippen LogP contribution in [0.1, 0.15) is 27.2 Å². The molecule has 1 atom stereocenters. The van der Waals surface area contributed by atoms with Crippen molar-refractivity contribution < 1.29 is 0 Å². The summed E-state index contributed by atoms with van der Waals surface area (Å²) in [5, 5.41) is 0. The Morgan fingerprint density at radius 2 is 2.20 bits per heavy atom. The van der Waals surface area contributed by atoms with Crippen LogP contribution in [0.5, 0.6) is 0 Å². The van der Waals surface area contributed by atoms with Crippen molar-refractivity contribution in [1.82, 2.24) is 0 Å². The Labute approximate surface area is 63.6 Å². The van der Waals surface area contributed by atoms with Gasteiger partial charge in [0.25, 0.3) is 0 Å². The molecule has 0 fully saturated rings. The molecule has 1 rings (SSSR count). The zero-order chi connectivity index (χ0) is 7.72. The normalized spacial score (nSPS) is 25.8. The van der Waals surface area contributed by atoms with Crippen molar-refractivity contribution in [3.05, 3.63) is 23.8 Å². The van der Waals surface area contributed by atoms with Gasteiger partial charge < -0.3 is 0 Å². The molecule has 0 aliphatic heterocycles. The molecule has 0 radical (unpaired) electrons. The van der Waals surface area contributed by atoms with Gasteiger partial charge in [0.1, 0.15) is 0 Å². The van der Waals surface area contributed by atoms with Gasteiger partial charge in [-0.2, -0.15) is 0 Å². The highest BCUT2D eigenvalue weighted by atomic mass is 14.2. The first-order valence-electron chi connectivity index (χ1n) is 3.96. The van der Waals surface area contributed by atoms with Crippen LogP contribution in [0.2, 0.25) is 0 Å². The third kappa shape index (κ3) is 1.31. The summed E-state index contributed by atoms with van der Waals surface area (Å²) in [6.45, 7) is 10.8. The van der Waals surface area contributed by atoms with Crippen LogP contribution in [0.15, 0.2) is 23.8 Å².